The molecule has 2 fully saturated rings. The molecule has 168 valence electrons. The average molecular weight is 443 g/mol. The minimum Gasteiger partial charge on any atom is -0.424 e. The zero-order valence-corrected chi connectivity index (χ0v) is 19.3. The fourth-order valence-corrected chi connectivity index (χ4v) is 5.73. The molecule has 0 amide bonds. The number of nitrogens with zero attached hydrogens (tertiary/aromatic N) is 3. The first kappa shape index (κ1) is 22.3. The number of aromatic nitrogens is 1. The Morgan fingerprint density at radius 2 is 2.10 bits per heavy atom. The molecule has 7 heteroatoms. The largest absolute Gasteiger partial charge is 0.424 e. The van der Waals surface area contributed by atoms with Gasteiger partial charge in [0, 0.05) is 30.4 Å². The Morgan fingerprint density at radius 3 is 2.77 bits per heavy atom. The average Bonchev–Trinajstić information content (AvgIpc) is 3.49. The van der Waals surface area contributed by atoms with Crippen LogP contribution in [0.4, 0.5) is 5.88 Å². The number of hydrogen-bond acceptors (Lipinski definition) is 7. The summed E-state index contributed by atoms with van der Waals surface area (Å²) in [6.45, 7) is 6.31. The van der Waals surface area contributed by atoms with Crippen LogP contribution in [0.3, 0.4) is 0 Å². The lowest BCUT2D eigenvalue weighted by molar-refractivity contribution is 0.0193. The van der Waals surface area contributed by atoms with Gasteiger partial charge in [-0.15, -0.1) is 11.3 Å². The Balaban J connectivity index is 1.40. The van der Waals surface area contributed by atoms with Crippen molar-refractivity contribution < 1.29 is 9.15 Å². The lowest BCUT2D eigenvalue weighted by Crippen LogP contribution is -2.41. The van der Waals surface area contributed by atoms with Gasteiger partial charge >= 0.3 is 0 Å². The molecule has 3 heterocycles. The van der Waals surface area contributed by atoms with Gasteiger partial charge in [-0.2, -0.15) is 5.26 Å². The molecule has 0 radical (unpaired) electrons. The predicted octanol–water partition coefficient (Wildman–Crippen LogP) is 5.56. The van der Waals surface area contributed by atoms with Crippen LogP contribution in [0.25, 0.3) is 0 Å². The van der Waals surface area contributed by atoms with Crippen LogP contribution in [-0.2, 0) is 4.74 Å². The Morgan fingerprint density at radius 1 is 1.29 bits per heavy atom. The highest BCUT2D eigenvalue weighted by molar-refractivity contribution is 7.10. The second-order valence-electron chi connectivity index (χ2n) is 8.76. The van der Waals surface area contributed by atoms with E-state index in [0.717, 1.165) is 51.0 Å². The molecule has 1 atom stereocenters. The fourth-order valence-electron chi connectivity index (χ4n) is 4.87. The van der Waals surface area contributed by atoms with Crippen LogP contribution in [-0.4, -0.2) is 42.7 Å². The normalized spacial score (nSPS) is 23.4. The molecule has 1 saturated heterocycles. The van der Waals surface area contributed by atoms with Gasteiger partial charge in [-0.1, -0.05) is 32.3 Å². The summed E-state index contributed by atoms with van der Waals surface area (Å²) in [5.74, 6) is 2.46. The van der Waals surface area contributed by atoms with Gasteiger partial charge in [0.1, 0.15) is 6.07 Å². The Hall–Kier alpha value is -1.88. The highest BCUT2D eigenvalue weighted by Gasteiger charge is 2.28. The van der Waals surface area contributed by atoms with E-state index in [1.54, 1.807) is 11.3 Å². The first-order valence-electron chi connectivity index (χ1n) is 11.8. The van der Waals surface area contributed by atoms with Crippen molar-refractivity contribution in [1.29, 1.82) is 5.26 Å². The molecule has 1 saturated carbocycles. The van der Waals surface area contributed by atoms with Crippen molar-refractivity contribution in [3.05, 3.63) is 34.0 Å². The number of nitrogens with one attached hydrogen (secondary N) is 1. The van der Waals surface area contributed by atoms with Gasteiger partial charge in [0.2, 0.25) is 17.5 Å². The summed E-state index contributed by atoms with van der Waals surface area (Å²) in [7, 11) is 0. The van der Waals surface area contributed by atoms with Crippen LogP contribution < -0.4 is 5.32 Å². The standard InChI is InChI=1S/C24H34N4O2S/c1-2-3-5-18-7-9-19(10-8-18)23-27-20(16-25)24(30-23)26-17-21(22-6-4-15-31-22)28-11-13-29-14-12-28/h4,6,15,18-19,21,26H,2-3,5,7-14,17H2,1H3. The van der Waals surface area contributed by atoms with Crippen LogP contribution in [0.15, 0.2) is 21.9 Å². The van der Waals surface area contributed by atoms with Crippen molar-refractivity contribution in [1.82, 2.24) is 9.88 Å². The van der Waals surface area contributed by atoms with Crippen molar-refractivity contribution in [3.63, 3.8) is 0 Å². The topological polar surface area (TPSA) is 74.3 Å². The molecule has 1 aliphatic carbocycles. The Bertz CT molecular complexity index is 830. The summed E-state index contributed by atoms with van der Waals surface area (Å²) in [6.07, 6.45) is 8.67. The van der Waals surface area contributed by atoms with E-state index in [1.807, 2.05) is 0 Å². The van der Waals surface area contributed by atoms with E-state index in [0.29, 0.717) is 24.0 Å². The van der Waals surface area contributed by atoms with Gasteiger partial charge in [0.15, 0.2) is 0 Å². The van der Waals surface area contributed by atoms with E-state index >= 15 is 0 Å². The number of rotatable bonds is 9. The van der Waals surface area contributed by atoms with Crippen molar-refractivity contribution in [2.24, 2.45) is 5.92 Å². The number of morpholine rings is 1. The van der Waals surface area contributed by atoms with E-state index < -0.39 is 0 Å². The predicted molar refractivity (Wildman–Crippen MR) is 123 cm³/mol. The third kappa shape index (κ3) is 5.68. The molecule has 1 unspecified atom stereocenters. The van der Waals surface area contributed by atoms with Gasteiger partial charge in [-0.05, 0) is 43.0 Å². The lowest BCUT2D eigenvalue weighted by atomic mass is 9.80. The molecule has 6 nitrogen and oxygen atoms in total. The van der Waals surface area contributed by atoms with Gasteiger partial charge in [0.25, 0.3) is 0 Å². The summed E-state index contributed by atoms with van der Waals surface area (Å²) < 4.78 is 11.7. The van der Waals surface area contributed by atoms with Crippen molar-refractivity contribution in [2.45, 2.75) is 63.8 Å². The lowest BCUT2D eigenvalue weighted by Gasteiger charge is -2.34. The number of nitriles is 1. The monoisotopic (exact) mass is 442 g/mol. The van der Waals surface area contributed by atoms with E-state index in [-0.39, 0.29) is 6.04 Å². The first-order chi connectivity index (χ1) is 15.3. The molecule has 0 bridgehead atoms. The van der Waals surface area contributed by atoms with Crippen LogP contribution >= 0.6 is 11.3 Å². The van der Waals surface area contributed by atoms with Gasteiger partial charge in [-0.3, -0.25) is 4.90 Å². The first-order valence-corrected chi connectivity index (χ1v) is 12.7. The smallest absolute Gasteiger partial charge is 0.232 e. The van der Waals surface area contributed by atoms with E-state index in [4.69, 9.17) is 9.15 Å². The summed E-state index contributed by atoms with van der Waals surface area (Å²) in [5, 5.41) is 15.2. The maximum Gasteiger partial charge on any atom is 0.232 e. The molecule has 1 N–H and O–H groups in total. The van der Waals surface area contributed by atoms with Gasteiger partial charge < -0.3 is 14.5 Å². The second kappa shape index (κ2) is 11.1. The zero-order chi connectivity index (χ0) is 21.5. The minimum absolute atomic E-state index is 0.234. The van der Waals surface area contributed by atoms with Gasteiger partial charge in [0.05, 0.1) is 19.3 Å². The molecule has 2 aromatic heterocycles. The fraction of sp³-hybridized carbons (Fsp3) is 0.667. The van der Waals surface area contributed by atoms with Crippen LogP contribution in [0.2, 0.25) is 0 Å². The molecular weight excluding hydrogens is 408 g/mol. The molecule has 4 rings (SSSR count). The Kier molecular flexibility index (Phi) is 8.01. The van der Waals surface area contributed by atoms with E-state index in [9.17, 15) is 5.26 Å². The highest BCUT2D eigenvalue weighted by atomic mass is 32.1. The molecule has 2 aromatic rings. The molecule has 2 aliphatic rings. The van der Waals surface area contributed by atoms with Crippen molar-refractivity contribution >= 4 is 17.2 Å². The van der Waals surface area contributed by atoms with Crippen LogP contribution in [0.5, 0.6) is 0 Å². The van der Waals surface area contributed by atoms with E-state index in [2.05, 4.69) is 45.7 Å². The van der Waals surface area contributed by atoms with Crippen molar-refractivity contribution in [3.8, 4) is 6.07 Å². The number of hydrogen-bond donors (Lipinski definition) is 1. The van der Waals surface area contributed by atoms with Crippen molar-refractivity contribution in [2.75, 3.05) is 38.2 Å². The molecule has 1 aliphatic heterocycles. The quantitative estimate of drug-likeness (QED) is 0.548. The zero-order valence-electron chi connectivity index (χ0n) is 18.5. The maximum absolute atomic E-state index is 9.63. The number of thiophene rings is 1. The maximum atomic E-state index is 9.63. The SMILES string of the molecule is CCCCC1CCC(c2nc(C#N)c(NCC(c3cccs3)N3CCOCC3)o2)CC1. The molecular formula is C24H34N4O2S. The Labute approximate surface area is 189 Å². The highest BCUT2D eigenvalue weighted by Crippen LogP contribution is 2.38. The number of unbranched alkanes of at least 4 members (excludes halogenated alkanes) is 1. The van der Waals surface area contributed by atoms with Crippen LogP contribution in [0, 0.1) is 17.2 Å². The summed E-state index contributed by atoms with van der Waals surface area (Å²) in [5.41, 5.74) is 0.384. The number of oxazole rings is 1. The second-order valence-corrected chi connectivity index (χ2v) is 9.74. The van der Waals surface area contributed by atoms with Gasteiger partial charge in [-0.25, -0.2) is 4.98 Å². The number of ether oxygens (including phenoxy) is 1. The summed E-state index contributed by atoms with van der Waals surface area (Å²) in [4.78, 5) is 8.34. The third-order valence-corrected chi connectivity index (χ3v) is 7.70. The minimum atomic E-state index is 0.234. The van der Waals surface area contributed by atoms with E-state index in [1.165, 1.54) is 37.0 Å². The third-order valence-electron chi connectivity index (χ3n) is 6.73. The number of anilines is 1. The summed E-state index contributed by atoms with van der Waals surface area (Å²) in [6, 6.07) is 6.74. The molecule has 0 spiro atoms. The van der Waals surface area contributed by atoms with Crippen LogP contribution in [0.1, 0.15) is 80.3 Å². The molecule has 31 heavy (non-hydrogen) atoms. The molecule has 0 aromatic carbocycles. The summed E-state index contributed by atoms with van der Waals surface area (Å²) >= 11 is 1.77.